The largest absolute Gasteiger partial charge is 0.464 e. The number of nitrogens with zero attached hydrogens (tertiary/aromatic N) is 1. The maximum absolute atomic E-state index is 6.65. The number of hydrogen-bond donors (Lipinski definition) is 1. The van der Waals surface area contributed by atoms with Crippen LogP contribution in [-0.4, -0.2) is 0 Å². The maximum atomic E-state index is 6.65. The smallest absolute Gasteiger partial charge is 0.196 e. The van der Waals surface area contributed by atoms with E-state index >= 15 is 0 Å². The van der Waals surface area contributed by atoms with Gasteiger partial charge in [-0.2, -0.15) is 0 Å². The van der Waals surface area contributed by atoms with Crippen LogP contribution in [0.2, 0.25) is 0 Å². The number of benzene rings is 7. The highest BCUT2D eigenvalue weighted by atomic mass is 16.5. The molecule has 1 unspecified atom stereocenters. The molecule has 10 rings (SSSR count). The van der Waals surface area contributed by atoms with Crippen molar-refractivity contribution in [2.45, 2.75) is 25.5 Å². The van der Waals surface area contributed by atoms with Crippen molar-refractivity contribution in [3.8, 4) is 22.3 Å². The van der Waals surface area contributed by atoms with Gasteiger partial charge >= 0.3 is 0 Å². The molecule has 0 aromatic heterocycles. The Morgan fingerprint density at radius 3 is 2.06 bits per heavy atom. The normalized spacial score (nSPS) is 16.2. The molecular weight excluding hydrogens is 597 g/mol. The van der Waals surface area contributed by atoms with Gasteiger partial charge in [-0.3, -0.25) is 0 Å². The number of para-hydroxylation sites is 1. The first-order valence-corrected chi connectivity index (χ1v) is 17.1. The Labute approximate surface area is 286 Å². The van der Waals surface area contributed by atoms with Gasteiger partial charge < -0.3 is 15.0 Å². The Morgan fingerprint density at radius 2 is 1.22 bits per heavy atom. The molecule has 234 valence electrons. The molecule has 2 aliphatic carbocycles. The van der Waals surface area contributed by atoms with Gasteiger partial charge in [0, 0.05) is 44.1 Å². The number of hydrogen-bond acceptors (Lipinski definition) is 3. The van der Waals surface area contributed by atoms with E-state index in [0.717, 1.165) is 39.6 Å². The lowest BCUT2D eigenvalue weighted by Gasteiger charge is -2.31. The fourth-order valence-corrected chi connectivity index (χ4v) is 8.33. The maximum Gasteiger partial charge on any atom is 0.196 e. The van der Waals surface area contributed by atoms with E-state index in [1.807, 2.05) is 6.07 Å². The number of fused-ring (bicyclic) bond motifs is 5. The first kappa shape index (κ1) is 28.0. The summed E-state index contributed by atoms with van der Waals surface area (Å²) in [6.07, 6.45) is -0.206. The molecule has 0 amide bonds. The zero-order valence-electron chi connectivity index (χ0n) is 27.4. The van der Waals surface area contributed by atoms with Gasteiger partial charge in [-0.1, -0.05) is 147 Å². The van der Waals surface area contributed by atoms with E-state index in [1.165, 1.54) is 49.7 Å². The van der Waals surface area contributed by atoms with Crippen LogP contribution >= 0.6 is 0 Å². The third-order valence-electron chi connectivity index (χ3n) is 10.7. The minimum absolute atomic E-state index is 0.113. The first-order valence-electron chi connectivity index (χ1n) is 17.1. The van der Waals surface area contributed by atoms with Crippen LogP contribution in [0.25, 0.3) is 44.5 Å². The van der Waals surface area contributed by atoms with Crippen molar-refractivity contribution in [1.29, 1.82) is 0 Å². The molecule has 0 saturated carbocycles. The van der Waals surface area contributed by atoms with Crippen molar-refractivity contribution >= 4 is 39.3 Å². The van der Waals surface area contributed by atoms with Gasteiger partial charge in [-0.25, -0.2) is 0 Å². The van der Waals surface area contributed by atoms with Gasteiger partial charge in [0.05, 0.1) is 17.1 Å². The van der Waals surface area contributed by atoms with Crippen molar-refractivity contribution in [3.63, 3.8) is 0 Å². The summed E-state index contributed by atoms with van der Waals surface area (Å²) in [5.74, 6) is 0.930. The molecule has 0 saturated heterocycles. The fourth-order valence-electron chi connectivity index (χ4n) is 8.33. The van der Waals surface area contributed by atoms with E-state index in [-0.39, 0.29) is 11.6 Å². The molecule has 3 heteroatoms. The highest BCUT2D eigenvalue weighted by Gasteiger charge is 2.38. The topological polar surface area (TPSA) is 24.5 Å². The van der Waals surface area contributed by atoms with E-state index < -0.39 is 0 Å². The average Bonchev–Trinajstić information content (AvgIpc) is 3.79. The van der Waals surface area contributed by atoms with Crippen LogP contribution in [0.3, 0.4) is 0 Å². The third kappa shape index (κ3) is 4.09. The third-order valence-corrected chi connectivity index (χ3v) is 10.7. The molecule has 3 aliphatic rings. The molecule has 0 radical (unpaired) electrons. The average molecular weight is 631 g/mol. The van der Waals surface area contributed by atoms with Gasteiger partial charge in [0.15, 0.2) is 12.0 Å². The predicted molar refractivity (Wildman–Crippen MR) is 202 cm³/mol. The van der Waals surface area contributed by atoms with Crippen molar-refractivity contribution in [3.05, 3.63) is 186 Å². The summed E-state index contributed by atoms with van der Waals surface area (Å²) < 4.78 is 6.65. The van der Waals surface area contributed by atoms with E-state index in [0.29, 0.717) is 0 Å². The van der Waals surface area contributed by atoms with Gasteiger partial charge in [-0.05, 0) is 52.1 Å². The highest BCUT2D eigenvalue weighted by molar-refractivity contribution is 6.16. The lowest BCUT2D eigenvalue weighted by Crippen LogP contribution is -2.17. The number of ether oxygens (including phenoxy) is 1. The number of nitrogens with one attached hydrogen (secondary N) is 1. The molecular formula is C46H34N2O. The molecule has 1 atom stereocenters. The zero-order valence-corrected chi connectivity index (χ0v) is 27.4. The van der Waals surface area contributed by atoms with Crippen LogP contribution in [-0.2, 0) is 10.2 Å². The van der Waals surface area contributed by atoms with Gasteiger partial charge in [0.1, 0.15) is 0 Å². The van der Waals surface area contributed by atoms with E-state index in [2.05, 4.69) is 176 Å². The molecule has 0 bridgehead atoms. The van der Waals surface area contributed by atoms with Crippen LogP contribution in [0.5, 0.6) is 0 Å². The molecule has 1 heterocycles. The van der Waals surface area contributed by atoms with E-state index in [1.54, 1.807) is 0 Å². The highest BCUT2D eigenvalue weighted by Crippen LogP contribution is 2.54. The first-order chi connectivity index (χ1) is 24.1. The number of rotatable bonds is 5. The Kier molecular flexibility index (Phi) is 5.98. The van der Waals surface area contributed by atoms with Crippen LogP contribution in [0.4, 0.5) is 17.1 Å². The molecule has 1 aliphatic heterocycles. The Hall–Kier alpha value is -6.06. The lowest BCUT2D eigenvalue weighted by atomic mass is 9.82. The monoisotopic (exact) mass is 630 g/mol. The Balaban J connectivity index is 1.17. The summed E-state index contributed by atoms with van der Waals surface area (Å²) in [6, 6.07) is 57.0. The van der Waals surface area contributed by atoms with Crippen LogP contribution in [0.15, 0.2) is 158 Å². The molecule has 7 aromatic carbocycles. The molecule has 0 spiro atoms. The van der Waals surface area contributed by atoms with Crippen molar-refractivity contribution in [2.75, 3.05) is 4.90 Å². The molecule has 1 N–H and O–H groups in total. The van der Waals surface area contributed by atoms with Crippen molar-refractivity contribution in [2.24, 2.45) is 0 Å². The summed E-state index contributed by atoms with van der Waals surface area (Å²) in [5.41, 5.74) is 15.6. The van der Waals surface area contributed by atoms with Crippen LogP contribution < -0.4 is 10.2 Å². The van der Waals surface area contributed by atoms with Crippen LogP contribution in [0, 0.1) is 0 Å². The quantitative estimate of drug-likeness (QED) is 0.205. The standard InChI is InChI=1S/C46H34N2O/c1-46(2)38-22-11-9-19-33(38)34-25-24-31(28-39(34)46)48(40-23-12-10-18-32(40)29-14-5-3-6-15-29)41-27-26-36-42-35(41)20-13-21-37(42)44-43(36)47-45(49-44)30-16-7-4-8-17-30/h3-28,45,47H,1-2H3. The lowest BCUT2D eigenvalue weighted by molar-refractivity contribution is 0.175. The Morgan fingerprint density at radius 1 is 0.551 bits per heavy atom. The SMILES string of the molecule is CC1(C)c2ccccc2-c2ccc(N(c3ccccc3-c3ccccc3)c3ccc4c5c(cccc35)C3=C4NC(c4ccccc4)O3)cc21. The van der Waals surface area contributed by atoms with E-state index in [9.17, 15) is 0 Å². The number of anilines is 3. The summed E-state index contributed by atoms with van der Waals surface area (Å²) >= 11 is 0. The molecule has 7 aromatic rings. The van der Waals surface area contributed by atoms with Gasteiger partial charge in [0.2, 0.25) is 0 Å². The molecule has 3 nitrogen and oxygen atoms in total. The second kappa shape index (κ2) is 10.5. The summed E-state index contributed by atoms with van der Waals surface area (Å²) in [5, 5.41) is 6.12. The van der Waals surface area contributed by atoms with Crippen molar-refractivity contribution < 1.29 is 4.74 Å². The fraction of sp³-hybridized carbons (Fsp3) is 0.0870. The predicted octanol–water partition coefficient (Wildman–Crippen LogP) is 11.7. The van der Waals surface area contributed by atoms with Crippen molar-refractivity contribution in [1.82, 2.24) is 5.32 Å². The summed E-state index contributed by atoms with van der Waals surface area (Å²) in [7, 11) is 0. The summed E-state index contributed by atoms with van der Waals surface area (Å²) in [4.78, 5) is 2.47. The van der Waals surface area contributed by atoms with Gasteiger partial charge in [-0.15, -0.1) is 0 Å². The minimum atomic E-state index is -0.206. The second-order valence-corrected chi connectivity index (χ2v) is 13.7. The van der Waals surface area contributed by atoms with Crippen LogP contribution in [0.1, 0.15) is 47.9 Å². The minimum Gasteiger partial charge on any atom is -0.464 e. The van der Waals surface area contributed by atoms with Gasteiger partial charge in [0.25, 0.3) is 0 Å². The molecule has 0 fully saturated rings. The Bertz CT molecular complexity index is 2460. The summed E-state index contributed by atoms with van der Waals surface area (Å²) in [6.45, 7) is 4.71. The van der Waals surface area contributed by atoms with E-state index in [4.69, 9.17) is 4.74 Å². The zero-order chi connectivity index (χ0) is 32.7. The molecule has 49 heavy (non-hydrogen) atoms. The second-order valence-electron chi connectivity index (χ2n) is 13.7.